The minimum absolute atomic E-state index is 0.177. The zero-order valence-electron chi connectivity index (χ0n) is 12.8. The van der Waals surface area contributed by atoms with Crippen molar-refractivity contribution in [2.75, 3.05) is 12.1 Å². The van der Waals surface area contributed by atoms with Crippen LogP contribution in [0.3, 0.4) is 0 Å². The molecule has 2 aromatic rings. The van der Waals surface area contributed by atoms with Gasteiger partial charge in [0, 0.05) is 11.3 Å². The van der Waals surface area contributed by atoms with Crippen molar-refractivity contribution >= 4 is 45.6 Å². The van der Waals surface area contributed by atoms with Crippen molar-refractivity contribution in [3.8, 4) is 11.5 Å². The van der Waals surface area contributed by atoms with Crippen LogP contribution < -0.4 is 14.8 Å². The molecule has 0 unspecified atom stereocenters. The second-order valence-corrected chi connectivity index (χ2v) is 8.52. The van der Waals surface area contributed by atoms with E-state index in [9.17, 15) is 4.79 Å². The summed E-state index contributed by atoms with van der Waals surface area (Å²) in [7, 11) is 0. The quantitative estimate of drug-likeness (QED) is 0.811. The van der Waals surface area contributed by atoms with E-state index in [2.05, 4.69) is 10.3 Å². The molecule has 2 heterocycles. The van der Waals surface area contributed by atoms with Crippen molar-refractivity contribution in [2.45, 2.75) is 24.1 Å². The highest BCUT2D eigenvalue weighted by Gasteiger charge is 2.56. The van der Waals surface area contributed by atoms with Crippen molar-refractivity contribution in [1.82, 2.24) is 4.98 Å². The smallest absolute Gasteiger partial charge is 0.232 e. The number of ether oxygens (including phenoxy) is 2. The zero-order chi connectivity index (χ0) is 16.9. The lowest BCUT2D eigenvalue weighted by molar-refractivity contribution is -0.117. The number of hydrogen-bond acceptors (Lipinski definition) is 5. The minimum Gasteiger partial charge on any atom is -0.454 e. The number of carbonyl (C=O) groups excluding carboxylic acids is 1. The number of hydrogen-bond donors (Lipinski definition) is 1. The number of thiazole rings is 1. The summed E-state index contributed by atoms with van der Waals surface area (Å²) in [5, 5.41) is 3.38. The van der Waals surface area contributed by atoms with Crippen molar-refractivity contribution in [3.05, 3.63) is 34.3 Å². The molecule has 4 rings (SSSR count). The first-order chi connectivity index (χ1) is 11.4. The molecule has 1 amide bonds. The minimum atomic E-state index is -0.925. The molecule has 1 aliphatic heterocycles. The number of anilines is 1. The first-order valence-electron chi connectivity index (χ1n) is 7.46. The number of nitrogens with zero attached hydrogens (tertiary/aromatic N) is 1. The van der Waals surface area contributed by atoms with Crippen LogP contribution in [-0.2, 0) is 11.2 Å². The topological polar surface area (TPSA) is 60.5 Å². The van der Waals surface area contributed by atoms with Crippen LogP contribution in [-0.4, -0.2) is 22.0 Å². The summed E-state index contributed by atoms with van der Waals surface area (Å²) in [6.07, 6.45) is 1.20. The van der Waals surface area contributed by atoms with Gasteiger partial charge in [-0.1, -0.05) is 6.07 Å². The SMILES string of the molecule is Cc1nc(NC(=O)[C@H]2CC2(Cl)Cl)sc1Cc1ccc2c(c1)OCO2. The third-order valence-electron chi connectivity index (χ3n) is 4.07. The monoisotopic (exact) mass is 384 g/mol. The molecule has 126 valence electrons. The molecule has 24 heavy (non-hydrogen) atoms. The second kappa shape index (κ2) is 5.79. The molecule has 0 spiro atoms. The number of aryl methyl sites for hydroxylation is 1. The Morgan fingerprint density at radius 1 is 1.42 bits per heavy atom. The number of benzene rings is 1. The number of rotatable bonds is 4. The maximum absolute atomic E-state index is 12.1. The normalized spacial score (nSPS) is 20.0. The average Bonchev–Trinajstić information content (AvgIpc) is 2.86. The molecule has 1 atom stereocenters. The number of nitrogens with one attached hydrogen (secondary N) is 1. The first kappa shape index (κ1) is 16.0. The van der Waals surface area contributed by atoms with Gasteiger partial charge >= 0.3 is 0 Å². The van der Waals surface area contributed by atoms with Crippen molar-refractivity contribution in [1.29, 1.82) is 0 Å². The van der Waals surface area contributed by atoms with Gasteiger partial charge in [0.05, 0.1) is 11.6 Å². The highest BCUT2D eigenvalue weighted by Crippen LogP contribution is 2.53. The molecular formula is C16H14Cl2N2O3S. The predicted molar refractivity (Wildman–Crippen MR) is 93.4 cm³/mol. The zero-order valence-corrected chi connectivity index (χ0v) is 15.1. The van der Waals surface area contributed by atoms with E-state index in [0.29, 0.717) is 18.0 Å². The molecule has 8 heteroatoms. The fraction of sp³-hybridized carbons (Fsp3) is 0.375. The average molecular weight is 385 g/mol. The Bertz CT molecular complexity index is 822. The third kappa shape index (κ3) is 3.06. The lowest BCUT2D eigenvalue weighted by Crippen LogP contribution is -2.16. The van der Waals surface area contributed by atoms with Crippen LogP contribution in [0.5, 0.6) is 11.5 Å². The summed E-state index contributed by atoms with van der Waals surface area (Å²) in [6.45, 7) is 2.19. The Hall–Kier alpha value is -1.50. The van der Waals surface area contributed by atoms with Gasteiger partial charge in [-0.15, -0.1) is 34.5 Å². The van der Waals surface area contributed by atoms with Gasteiger partial charge < -0.3 is 14.8 Å². The van der Waals surface area contributed by atoms with Crippen molar-refractivity contribution < 1.29 is 14.3 Å². The van der Waals surface area contributed by atoms with E-state index in [-0.39, 0.29) is 18.6 Å². The van der Waals surface area contributed by atoms with Gasteiger partial charge in [-0.3, -0.25) is 4.79 Å². The summed E-state index contributed by atoms with van der Waals surface area (Å²) >= 11 is 13.3. The largest absolute Gasteiger partial charge is 0.454 e. The van der Waals surface area contributed by atoms with Crippen LogP contribution in [0.2, 0.25) is 0 Å². The molecule has 1 aromatic carbocycles. The second-order valence-electron chi connectivity index (χ2n) is 5.90. The van der Waals surface area contributed by atoms with Crippen LogP contribution in [0.25, 0.3) is 0 Å². The Kier molecular flexibility index (Phi) is 3.86. The van der Waals surface area contributed by atoms with Crippen LogP contribution in [0.15, 0.2) is 18.2 Å². The summed E-state index contributed by atoms with van der Waals surface area (Å²) in [5.41, 5.74) is 2.00. The summed E-state index contributed by atoms with van der Waals surface area (Å²) in [4.78, 5) is 17.6. The van der Waals surface area contributed by atoms with E-state index in [0.717, 1.165) is 27.6 Å². The van der Waals surface area contributed by atoms with Crippen molar-refractivity contribution in [3.63, 3.8) is 0 Å². The van der Waals surface area contributed by atoms with Crippen LogP contribution >= 0.6 is 34.5 Å². The van der Waals surface area contributed by atoms with E-state index in [4.69, 9.17) is 32.7 Å². The van der Waals surface area contributed by atoms with E-state index < -0.39 is 4.33 Å². The number of fused-ring (bicyclic) bond motifs is 1. The highest BCUT2D eigenvalue weighted by molar-refractivity contribution is 7.15. The molecule has 2 aliphatic rings. The molecule has 1 fully saturated rings. The van der Waals surface area contributed by atoms with E-state index in [1.54, 1.807) is 0 Å². The van der Waals surface area contributed by atoms with Crippen LogP contribution in [0.1, 0.15) is 22.6 Å². The number of halogens is 2. The number of amides is 1. The fourth-order valence-corrected chi connectivity index (χ4v) is 4.08. The first-order valence-corrected chi connectivity index (χ1v) is 9.03. The summed E-state index contributed by atoms with van der Waals surface area (Å²) in [5.74, 6) is 0.992. The van der Waals surface area contributed by atoms with E-state index >= 15 is 0 Å². The molecule has 1 N–H and O–H groups in total. The Morgan fingerprint density at radius 3 is 2.92 bits per heavy atom. The van der Waals surface area contributed by atoms with E-state index in [1.807, 2.05) is 25.1 Å². The Morgan fingerprint density at radius 2 is 2.17 bits per heavy atom. The van der Waals surface area contributed by atoms with Gasteiger partial charge in [-0.25, -0.2) is 4.98 Å². The summed E-state index contributed by atoms with van der Waals surface area (Å²) in [6, 6.07) is 5.88. The van der Waals surface area contributed by atoms with Gasteiger partial charge in [0.25, 0.3) is 0 Å². The molecule has 5 nitrogen and oxygen atoms in total. The molecule has 0 bridgehead atoms. The molecule has 0 saturated heterocycles. The Balaban J connectivity index is 1.46. The maximum Gasteiger partial charge on any atom is 0.232 e. The lowest BCUT2D eigenvalue weighted by atomic mass is 10.1. The number of aromatic nitrogens is 1. The molecule has 1 saturated carbocycles. The standard InChI is InChI=1S/C16H14Cl2N2O3S/c1-8-13(5-9-2-3-11-12(4-9)23-7-22-11)24-15(19-8)20-14(21)10-6-16(10,17)18/h2-4,10H,5-7H2,1H3,(H,19,20,21)/t10-/m1/s1. The number of carbonyl (C=O) groups is 1. The highest BCUT2D eigenvalue weighted by atomic mass is 35.5. The lowest BCUT2D eigenvalue weighted by Gasteiger charge is -2.02. The van der Waals surface area contributed by atoms with Gasteiger partial charge in [0.1, 0.15) is 4.33 Å². The Labute approximate surface area is 152 Å². The fourth-order valence-electron chi connectivity index (χ4n) is 2.57. The van der Waals surface area contributed by atoms with Crippen LogP contribution in [0.4, 0.5) is 5.13 Å². The third-order valence-corrected chi connectivity index (χ3v) is 5.98. The van der Waals surface area contributed by atoms with Gasteiger partial charge in [0.2, 0.25) is 12.7 Å². The van der Waals surface area contributed by atoms with Gasteiger partial charge in [-0.05, 0) is 31.0 Å². The van der Waals surface area contributed by atoms with Crippen molar-refractivity contribution in [2.24, 2.45) is 5.92 Å². The predicted octanol–water partition coefficient (Wildman–Crippen LogP) is 3.90. The van der Waals surface area contributed by atoms with Crippen LogP contribution in [0, 0.1) is 12.8 Å². The van der Waals surface area contributed by atoms with E-state index in [1.165, 1.54) is 11.3 Å². The number of alkyl halides is 2. The van der Waals surface area contributed by atoms with Gasteiger partial charge in [0.15, 0.2) is 16.6 Å². The maximum atomic E-state index is 12.1. The molecule has 1 aliphatic carbocycles. The molecular weight excluding hydrogens is 371 g/mol. The molecule has 1 aromatic heterocycles. The van der Waals surface area contributed by atoms with Gasteiger partial charge in [-0.2, -0.15) is 0 Å². The molecule has 0 radical (unpaired) electrons. The summed E-state index contributed by atoms with van der Waals surface area (Å²) < 4.78 is 9.80.